The SMILES string of the molecule is CC(C)C(c1nc2ccccn2c(=O)c1Cc1ccccc1)N(CCCN)C(=O)c1ccc(Cl)cc1. The lowest BCUT2D eigenvalue weighted by molar-refractivity contribution is 0.0614. The fourth-order valence-electron chi connectivity index (χ4n) is 4.56. The third-order valence-corrected chi connectivity index (χ3v) is 6.54. The highest BCUT2D eigenvalue weighted by Gasteiger charge is 2.32. The Labute approximate surface area is 216 Å². The van der Waals surface area contributed by atoms with Gasteiger partial charge in [-0.05, 0) is 60.8 Å². The van der Waals surface area contributed by atoms with Crippen molar-refractivity contribution < 1.29 is 4.79 Å². The number of pyridine rings is 1. The van der Waals surface area contributed by atoms with Gasteiger partial charge in [0.1, 0.15) is 5.65 Å². The molecule has 2 aromatic heterocycles. The van der Waals surface area contributed by atoms with Gasteiger partial charge in [-0.2, -0.15) is 0 Å². The fourth-order valence-corrected chi connectivity index (χ4v) is 4.69. The zero-order chi connectivity index (χ0) is 25.7. The molecular formula is C29H31ClN4O2. The van der Waals surface area contributed by atoms with Crippen LogP contribution in [0.1, 0.15) is 53.5 Å². The van der Waals surface area contributed by atoms with Gasteiger partial charge in [0.05, 0.1) is 11.7 Å². The molecule has 1 unspecified atom stereocenters. The van der Waals surface area contributed by atoms with Crippen LogP contribution in [0.25, 0.3) is 5.65 Å². The van der Waals surface area contributed by atoms with Gasteiger partial charge in [0, 0.05) is 35.3 Å². The molecule has 7 heteroatoms. The van der Waals surface area contributed by atoms with Crippen molar-refractivity contribution >= 4 is 23.2 Å². The molecule has 36 heavy (non-hydrogen) atoms. The average molecular weight is 503 g/mol. The number of carbonyl (C=O) groups excluding carboxylic acids is 1. The maximum absolute atomic E-state index is 13.8. The van der Waals surface area contributed by atoms with Gasteiger partial charge in [-0.15, -0.1) is 0 Å². The van der Waals surface area contributed by atoms with Crippen molar-refractivity contribution in [1.29, 1.82) is 0 Å². The Bertz CT molecular complexity index is 1380. The molecule has 6 nitrogen and oxygen atoms in total. The summed E-state index contributed by atoms with van der Waals surface area (Å²) in [5, 5.41) is 0.565. The molecule has 0 spiro atoms. The molecule has 0 bridgehead atoms. The molecule has 186 valence electrons. The first-order chi connectivity index (χ1) is 17.4. The number of hydrogen-bond acceptors (Lipinski definition) is 4. The zero-order valence-electron chi connectivity index (χ0n) is 20.6. The Morgan fingerprint density at radius 1 is 1.03 bits per heavy atom. The van der Waals surface area contributed by atoms with Crippen molar-refractivity contribution in [1.82, 2.24) is 14.3 Å². The molecule has 0 aliphatic heterocycles. The van der Waals surface area contributed by atoms with E-state index in [9.17, 15) is 9.59 Å². The van der Waals surface area contributed by atoms with Crippen LogP contribution in [-0.2, 0) is 6.42 Å². The van der Waals surface area contributed by atoms with E-state index in [1.165, 1.54) is 0 Å². The third-order valence-electron chi connectivity index (χ3n) is 6.29. The Balaban J connectivity index is 1.91. The lowest BCUT2D eigenvalue weighted by Crippen LogP contribution is -2.41. The first-order valence-corrected chi connectivity index (χ1v) is 12.6. The number of halogens is 1. The molecule has 1 amide bonds. The highest BCUT2D eigenvalue weighted by atomic mass is 35.5. The van der Waals surface area contributed by atoms with Crippen LogP contribution in [0.5, 0.6) is 0 Å². The second-order valence-corrected chi connectivity index (χ2v) is 9.64. The quantitative estimate of drug-likeness (QED) is 0.344. The summed E-state index contributed by atoms with van der Waals surface area (Å²) < 4.78 is 1.57. The molecule has 4 rings (SSSR count). The molecule has 0 saturated carbocycles. The Kier molecular flexibility index (Phi) is 8.18. The minimum Gasteiger partial charge on any atom is -0.330 e. The molecule has 2 aromatic carbocycles. The molecule has 2 heterocycles. The van der Waals surface area contributed by atoms with E-state index in [2.05, 4.69) is 13.8 Å². The summed E-state index contributed by atoms with van der Waals surface area (Å²) in [5.41, 5.74) is 9.04. The summed E-state index contributed by atoms with van der Waals surface area (Å²) >= 11 is 6.07. The molecular weight excluding hydrogens is 472 g/mol. The number of hydrogen-bond donors (Lipinski definition) is 1. The van der Waals surface area contributed by atoms with E-state index in [1.807, 2.05) is 53.4 Å². The van der Waals surface area contributed by atoms with Crippen LogP contribution in [0.3, 0.4) is 0 Å². The molecule has 0 saturated heterocycles. The maximum atomic E-state index is 13.8. The summed E-state index contributed by atoms with van der Waals surface area (Å²) in [6.07, 6.45) is 2.78. The zero-order valence-corrected chi connectivity index (χ0v) is 21.4. The first kappa shape index (κ1) is 25.6. The number of carbonyl (C=O) groups is 1. The smallest absolute Gasteiger partial charge is 0.261 e. The summed E-state index contributed by atoms with van der Waals surface area (Å²) in [6, 6.07) is 21.8. The number of rotatable bonds is 9. The standard InChI is InChI=1S/C29H31ClN4O2/c1-20(2)27(34(18-8-16-31)28(35)22-12-14-23(30)15-13-22)26-24(19-21-9-4-3-5-10-21)29(36)33-17-7-6-11-25(33)32-26/h3-7,9-15,17,20,27H,8,16,18-19,31H2,1-2H3. The second kappa shape index (κ2) is 11.5. The molecule has 0 aliphatic rings. The van der Waals surface area contributed by atoms with E-state index in [0.29, 0.717) is 53.4 Å². The highest BCUT2D eigenvalue weighted by Crippen LogP contribution is 2.32. The molecule has 1 atom stereocenters. The fraction of sp³-hybridized carbons (Fsp3) is 0.276. The van der Waals surface area contributed by atoms with E-state index in [-0.39, 0.29) is 17.4 Å². The summed E-state index contributed by atoms with van der Waals surface area (Å²) in [7, 11) is 0. The van der Waals surface area contributed by atoms with Crippen LogP contribution in [-0.4, -0.2) is 33.3 Å². The normalized spacial score (nSPS) is 12.1. The van der Waals surface area contributed by atoms with Crippen molar-refractivity contribution in [3.63, 3.8) is 0 Å². The number of nitrogens with zero attached hydrogens (tertiary/aromatic N) is 3. The van der Waals surface area contributed by atoms with Crippen LogP contribution in [0.2, 0.25) is 5.02 Å². The summed E-state index contributed by atoms with van der Waals surface area (Å²) in [5.74, 6) is -0.147. The van der Waals surface area contributed by atoms with E-state index in [1.54, 1.807) is 34.9 Å². The van der Waals surface area contributed by atoms with Crippen molar-refractivity contribution in [2.45, 2.75) is 32.7 Å². The van der Waals surface area contributed by atoms with Gasteiger partial charge < -0.3 is 10.6 Å². The number of nitrogens with two attached hydrogens (primary N) is 1. The maximum Gasteiger partial charge on any atom is 0.261 e. The molecule has 2 N–H and O–H groups in total. The second-order valence-electron chi connectivity index (χ2n) is 9.21. The summed E-state index contributed by atoms with van der Waals surface area (Å²) in [6.45, 7) is 4.99. The molecule has 0 fully saturated rings. The minimum atomic E-state index is -0.420. The van der Waals surface area contributed by atoms with Gasteiger partial charge in [0.25, 0.3) is 11.5 Å². The first-order valence-electron chi connectivity index (χ1n) is 12.2. The monoisotopic (exact) mass is 502 g/mol. The van der Waals surface area contributed by atoms with Gasteiger partial charge in [0.15, 0.2) is 0 Å². The lowest BCUT2D eigenvalue weighted by Gasteiger charge is -2.35. The largest absolute Gasteiger partial charge is 0.330 e. The minimum absolute atomic E-state index is 0.00777. The highest BCUT2D eigenvalue weighted by molar-refractivity contribution is 6.30. The van der Waals surface area contributed by atoms with E-state index in [0.717, 1.165) is 5.56 Å². The van der Waals surface area contributed by atoms with Crippen LogP contribution in [0.4, 0.5) is 0 Å². The van der Waals surface area contributed by atoms with E-state index in [4.69, 9.17) is 22.3 Å². The Morgan fingerprint density at radius 3 is 2.39 bits per heavy atom. The topological polar surface area (TPSA) is 80.7 Å². The number of aromatic nitrogens is 2. The summed E-state index contributed by atoms with van der Waals surface area (Å²) in [4.78, 5) is 34.4. The van der Waals surface area contributed by atoms with Gasteiger partial charge in [0.2, 0.25) is 0 Å². The third kappa shape index (κ3) is 5.50. The number of fused-ring (bicyclic) bond motifs is 1. The Morgan fingerprint density at radius 2 is 1.72 bits per heavy atom. The van der Waals surface area contributed by atoms with Crippen molar-refractivity contribution in [3.8, 4) is 0 Å². The van der Waals surface area contributed by atoms with Crippen LogP contribution < -0.4 is 11.3 Å². The average Bonchev–Trinajstić information content (AvgIpc) is 2.89. The van der Waals surface area contributed by atoms with Crippen molar-refractivity contribution in [2.75, 3.05) is 13.1 Å². The predicted octanol–water partition coefficient (Wildman–Crippen LogP) is 5.13. The van der Waals surface area contributed by atoms with E-state index < -0.39 is 6.04 Å². The lowest BCUT2D eigenvalue weighted by atomic mass is 9.92. The Hall–Kier alpha value is -3.48. The van der Waals surface area contributed by atoms with Crippen molar-refractivity contribution in [2.24, 2.45) is 11.7 Å². The molecule has 4 aromatic rings. The molecule has 0 aliphatic carbocycles. The number of amides is 1. The van der Waals surface area contributed by atoms with Gasteiger partial charge in [-0.25, -0.2) is 4.98 Å². The van der Waals surface area contributed by atoms with Crippen LogP contribution in [0.15, 0.2) is 83.8 Å². The number of benzene rings is 2. The van der Waals surface area contributed by atoms with Crippen LogP contribution in [0, 0.1) is 5.92 Å². The van der Waals surface area contributed by atoms with Gasteiger partial charge >= 0.3 is 0 Å². The van der Waals surface area contributed by atoms with E-state index >= 15 is 0 Å². The van der Waals surface area contributed by atoms with Crippen molar-refractivity contribution in [3.05, 3.63) is 117 Å². The van der Waals surface area contributed by atoms with Crippen LogP contribution >= 0.6 is 11.6 Å². The predicted molar refractivity (Wildman–Crippen MR) is 144 cm³/mol. The van der Waals surface area contributed by atoms with Gasteiger partial charge in [-0.3, -0.25) is 14.0 Å². The van der Waals surface area contributed by atoms with Gasteiger partial charge in [-0.1, -0.05) is 61.8 Å². The molecule has 0 radical (unpaired) electrons.